The van der Waals surface area contributed by atoms with Crippen LogP contribution in [-0.4, -0.2) is 16.9 Å². The molecule has 4 nitrogen and oxygen atoms in total. The van der Waals surface area contributed by atoms with Crippen LogP contribution in [0.1, 0.15) is 42.7 Å². The minimum atomic E-state index is -0.0791. The van der Waals surface area contributed by atoms with Crippen LogP contribution < -0.4 is 11.1 Å². The van der Waals surface area contributed by atoms with Gasteiger partial charge in [-0.05, 0) is 36.3 Å². The van der Waals surface area contributed by atoms with Gasteiger partial charge < -0.3 is 11.1 Å². The summed E-state index contributed by atoms with van der Waals surface area (Å²) in [4.78, 5) is 16.2. The van der Waals surface area contributed by atoms with E-state index in [-0.39, 0.29) is 11.9 Å². The fourth-order valence-corrected chi connectivity index (χ4v) is 2.49. The Bertz CT molecular complexity index is 416. The molecular weight excluding hydrogens is 226 g/mol. The summed E-state index contributed by atoms with van der Waals surface area (Å²) in [6.07, 6.45) is 3.91. The van der Waals surface area contributed by atoms with Crippen LogP contribution in [0.25, 0.3) is 0 Å². The SMILES string of the molecule is CC1CCC(NC(=O)c2ccc(CN)cn2)C1C. The zero-order valence-electron chi connectivity index (χ0n) is 11.0. The van der Waals surface area contributed by atoms with Crippen LogP contribution in [0.2, 0.25) is 0 Å². The number of nitrogens with two attached hydrogens (primary N) is 1. The average Bonchev–Trinajstić information content (AvgIpc) is 2.71. The van der Waals surface area contributed by atoms with E-state index in [9.17, 15) is 4.79 Å². The van der Waals surface area contributed by atoms with Gasteiger partial charge in [0.1, 0.15) is 5.69 Å². The lowest BCUT2D eigenvalue weighted by Crippen LogP contribution is -2.37. The van der Waals surface area contributed by atoms with Crippen molar-refractivity contribution in [1.82, 2.24) is 10.3 Å². The van der Waals surface area contributed by atoms with E-state index >= 15 is 0 Å². The summed E-state index contributed by atoms with van der Waals surface area (Å²) in [5.41, 5.74) is 6.91. The molecule has 0 spiro atoms. The zero-order chi connectivity index (χ0) is 13.1. The Morgan fingerprint density at radius 3 is 2.72 bits per heavy atom. The van der Waals surface area contributed by atoms with Crippen LogP contribution in [0.5, 0.6) is 0 Å². The van der Waals surface area contributed by atoms with Crippen LogP contribution in [0.3, 0.4) is 0 Å². The predicted molar refractivity (Wildman–Crippen MR) is 70.9 cm³/mol. The number of rotatable bonds is 3. The molecule has 4 heteroatoms. The maximum Gasteiger partial charge on any atom is 0.270 e. The third kappa shape index (κ3) is 2.70. The monoisotopic (exact) mass is 247 g/mol. The first kappa shape index (κ1) is 13.0. The second-order valence-electron chi connectivity index (χ2n) is 5.25. The quantitative estimate of drug-likeness (QED) is 0.854. The van der Waals surface area contributed by atoms with Crippen molar-refractivity contribution < 1.29 is 4.79 Å². The number of pyridine rings is 1. The molecule has 0 radical (unpaired) electrons. The number of hydrogen-bond acceptors (Lipinski definition) is 3. The second kappa shape index (κ2) is 5.48. The standard InChI is InChI=1S/C14H21N3O/c1-9-3-5-12(10(9)2)17-14(18)13-6-4-11(7-15)8-16-13/h4,6,8-10,12H,3,5,7,15H2,1-2H3,(H,17,18). The fourth-order valence-electron chi connectivity index (χ4n) is 2.49. The van der Waals surface area contributed by atoms with E-state index in [0.29, 0.717) is 24.1 Å². The van der Waals surface area contributed by atoms with Gasteiger partial charge in [0.15, 0.2) is 0 Å². The normalized spacial score (nSPS) is 27.2. The maximum atomic E-state index is 12.0. The van der Waals surface area contributed by atoms with Crippen LogP contribution in [0.15, 0.2) is 18.3 Å². The largest absolute Gasteiger partial charge is 0.348 e. The van der Waals surface area contributed by atoms with Crippen molar-refractivity contribution in [3.8, 4) is 0 Å². The minimum Gasteiger partial charge on any atom is -0.348 e. The summed E-state index contributed by atoms with van der Waals surface area (Å²) in [6, 6.07) is 3.87. The van der Waals surface area contributed by atoms with E-state index < -0.39 is 0 Å². The molecule has 18 heavy (non-hydrogen) atoms. The Morgan fingerprint density at radius 1 is 1.44 bits per heavy atom. The lowest BCUT2D eigenvalue weighted by molar-refractivity contribution is 0.0922. The molecule has 3 N–H and O–H groups in total. The molecule has 1 saturated carbocycles. The van der Waals surface area contributed by atoms with Crippen LogP contribution in [0.4, 0.5) is 0 Å². The van der Waals surface area contributed by atoms with Crippen LogP contribution in [0, 0.1) is 11.8 Å². The minimum absolute atomic E-state index is 0.0791. The van der Waals surface area contributed by atoms with Gasteiger partial charge in [0, 0.05) is 18.8 Å². The summed E-state index contributed by atoms with van der Waals surface area (Å²) < 4.78 is 0. The first-order valence-corrected chi connectivity index (χ1v) is 6.57. The van der Waals surface area contributed by atoms with Crippen molar-refractivity contribution in [2.24, 2.45) is 17.6 Å². The number of nitrogens with one attached hydrogen (secondary N) is 1. The predicted octanol–water partition coefficient (Wildman–Crippen LogP) is 1.70. The first-order valence-electron chi connectivity index (χ1n) is 6.57. The van der Waals surface area contributed by atoms with Gasteiger partial charge in [0.2, 0.25) is 0 Å². The van der Waals surface area contributed by atoms with Crippen LogP contribution in [-0.2, 0) is 6.54 Å². The van der Waals surface area contributed by atoms with Crippen molar-refractivity contribution in [2.45, 2.75) is 39.3 Å². The smallest absolute Gasteiger partial charge is 0.270 e. The molecule has 1 heterocycles. The molecule has 3 unspecified atom stereocenters. The molecular formula is C14H21N3O. The van der Waals surface area contributed by atoms with Crippen molar-refractivity contribution in [1.29, 1.82) is 0 Å². The van der Waals surface area contributed by atoms with Crippen molar-refractivity contribution >= 4 is 5.91 Å². The molecule has 3 atom stereocenters. The van der Waals surface area contributed by atoms with Gasteiger partial charge in [-0.25, -0.2) is 0 Å². The summed E-state index contributed by atoms with van der Waals surface area (Å²) in [7, 11) is 0. The number of nitrogens with zero attached hydrogens (tertiary/aromatic N) is 1. The molecule has 0 saturated heterocycles. The lowest BCUT2D eigenvalue weighted by atomic mass is 9.98. The van der Waals surface area contributed by atoms with Gasteiger partial charge in [-0.2, -0.15) is 0 Å². The van der Waals surface area contributed by atoms with Gasteiger partial charge in [-0.3, -0.25) is 9.78 Å². The Labute approximate surface area is 108 Å². The fraction of sp³-hybridized carbons (Fsp3) is 0.571. The molecule has 0 aromatic carbocycles. The molecule has 1 aliphatic rings. The van der Waals surface area contributed by atoms with E-state index in [4.69, 9.17) is 5.73 Å². The third-order valence-corrected chi connectivity index (χ3v) is 4.07. The highest BCUT2D eigenvalue weighted by atomic mass is 16.1. The number of carbonyl (C=O) groups excluding carboxylic acids is 1. The van der Waals surface area contributed by atoms with Gasteiger partial charge in [-0.1, -0.05) is 19.9 Å². The Balaban J connectivity index is 1.99. The Hall–Kier alpha value is -1.42. The van der Waals surface area contributed by atoms with Crippen molar-refractivity contribution in [2.75, 3.05) is 0 Å². The van der Waals surface area contributed by atoms with E-state index in [2.05, 4.69) is 24.1 Å². The number of aromatic nitrogens is 1. The van der Waals surface area contributed by atoms with E-state index in [1.165, 1.54) is 6.42 Å². The number of amides is 1. The van der Waals surface area contributed by atoms with E-state index in [1.54, 1.807) is 12.3 Å². The van der Waals surface area contributed by atoms with Gasteiger partial charge in [0.25, 0.3) is 5.91 Å². The Morgan fingerprint density at radius 2 is 2.22 bits per heavy atom. The topological polar surface area (TPSA) is 68.0 Å². The highest BCUT2D eigenvalue weighted by Gasteiger charge is 2.30. The third-order valence-electron chi connectivity index (χ3n) is 4.07. The first-order chi connectivity index (χ1) is 8.61. The van der Waals surface area contributed by atoms with Gasteiger partial charge >= 0.3 is 0 Å². The highest BCUT2D eigenvalue weighted by molar-refractivity contribution is 5.92. The molecule has 0 aliphatic heterocycles. The van der Waals surface area contributed by atoms with E-state index in [1.807, 2.05) is 6.07 Å². The van der Waals surface area contributed by atoms with Gasteiger partial charge in [-0.15, -0.1) is 0 Å². The van der Waals surface area contributed by atoms with Gasteiger partial charge in [0.05, 0.1) is 0 Å². The lowest BCUT2D eigenvalue weighted by Gasteiger charge is -2.19. The molecule has 1 amide bonds. The summed E-state index contributed by atoms with van der Waals surface area (Å²) in [5, 5.41) is 3.08. The van der Waals surface area contributed by atoms with E-state index in [0.717, 1.165) is 12.0 Å². The Kier molecular flexibility index (Phi) is 3.97. The molecule has 98 valence electrons. The summed E-state index contributed by atoms with van der Waals surface area (Å²) in [6.45, 7) is 4.89. The molecule has 1 fully saturated rings. The summed E-state index contributed by atoms with van der Waals surface area (Å²) in [5.74, 6) is 1.14. The highest BCUT2D eigenvalue weighted by Crippen LogP contribution is 2.31. The van der Waals surface area contributed by atoms with Crippen molar-refractivity contribution in [3.63, 3.8) is 0 Å². The molecule has 0 bridgehead atoms. The summed E-state index contributed by atoms with van der Waals surface area (Å²) >= 11 is 0. The maximum absolute atomic E-state index is 12.0. The van der Waals surface area contributed by atoms with Crippen LogP contribution >= 0.6 is 0 Å². The number of carbonyl (C=O) groups is 1. The molecule has 2 rings (SSSR count). The molecule has 1 aliphatic carbocycles. The molecule has 1 aromatic rings. The molecule has 1 aromatic heterocycles. The zero-order valence-corrected chi connectivity index (χ0v) is 11.0. The second-order valence-corrected chi connectivity index (χ2v) is 5.25. The number of hydrogen-bond donors (Lipinski definition) is 2. The average molecular weight is 247 g/mol. The van der Waals surface area contributed by atoms with Crippen molar-refractivity contribution in [3.05, 3.63) is 29.6 Å².